The highest BCUT2D eigenvalue weighted by atomic mass is 32.2. The Labute approximate surface area is 175 Å². The second-order valence-corrected chi connectivity index (χ2v) is 9.00. The molecule has 2 N–H and O–H groups in total. The number of hydrogen-bond donors (Lipinski definition) is 2. The number of thioether (sulfide) groups is 1. The highest BCUT2D eigenvalue weighted by Gasteiger charge is 2.27. The van der Waals surface area contributed by atoms with Gasteiger partial charge in [0.15, 0.2) is 5.96 Å². The molecule has 8 heteroatoms. The number of aromatic nitrogens is 3. The van der Waals surface area contributed by atoms with Gasteiger partial charge in [-0.25, -0.2) is 0 Å². The lowest BCUT2D eigenvalue weighted by Gasteiger charge is -2.40. The molecule has 1 saturated heterocycles. The number of guanidine groups is 1. The summed E-state index contributed by atoms with van der Waals surface area (Å²) in [6, 6.07) is 0. The first-order chi connectivity index (χ1) is 13.6. The molecule has 2 heterocycles. The van der Waals surface area contributed by atoms with Crippen LogP contribution in [0.15, 0.2) is 11.3 Å². The lowest BCUT2D eigenvalue weighted by molar-refractivity contribution is 0.102. The molecule has 0 radical (unpaired) electrons. The average Bonchev–Trinajstić information content (AvgIpc) is 3.17. The molecule has 7 nitrogen and oxygen atoms in total. The van der Waals surface area contributed by atoms with E-state index >= 15 is 0 Å². The SMILES string of the molecule is CCc1nncn1CCNC(=NCC(C)(C)N1CCCCC1)NCCCSC. The Bertz CT molecular complexity index is 579. The molecule has 0 atom stereocenters. The zero-order valence-electron chi connectivity index (χ0n) is 18.2. The second kappa shape index (κ2) is 12.3. The third-order valence-corrected chi connectivity index (χ3v) is 6.01. The maximum absolute atomic E-state index is 4.94. The number of nitrogens with one attached hydrogen (secondary N) is 2. The third-order valence-electron chi connectivity index (χ3n) is 5.31. The Kier molecular flexibility index (Phi) is 10.1. The molecule has 0 saturated carbocycles. The van der Waals surface area contributed by atoms with Gasteiger partial charge in [0.05, 0.1) is 6.54 Å². The molecule has 160 valence electrons. The summed E-state index contributed by atoms with van der Waals surface area (Å²) in [5, 5.41) is 15.2. The monoisotopic (exact) mass is 409 g/mol. The molecular formula is C20H39N7S. The van der Waals surface area contributed by atoms with Gasteiger partial charge in [-0.2, -0.15) is 11.8 Å². The van der Waals surface area contributed by atoms with E-state index in [4.69, 9.17) is 4.99 Å². The molecule has 0 aliphatic carbocycles. The number of likely N-dealkylation sites (tertiary alicyclic amines) is 1. The highest BCUT2D eigenvalue weighted by molar-refractivity contribution is 7.98. The van der Waals surface area contributed by atoms with Crippen LogP contribution in [-0.4, -0.2) is 75.9 Å². The van der Waals surface area contributed by atoms with Crippen LogP contribution in [0.3, 0.4) is 0 Å². The van der Waals surface area contributed by atoms with Crippen molar-refractivity contribution in [3.63, 3.8) is 0 Å². The first-order valence-electron chi connectivity index (χ1n) is 10.7. The van der Waals surface area contributed by atoms with Gasteiger partial charge in [-0.15, -0.1) is 10.2 Å². The first kappa shape index (κ1) is 23.0. The van der Waals surface area contributed by atoms with Crippen LogP contribution in [0, 0.1) is 0 Å². The van der Waals surface area contributed by atoms with Crippen LogP contribution in [-0.2, 0) is 13.0 Å². The maximum Gasteiger partial charge on any atom is 0.191 e. The van der Waals surface area contributed by atoms with Gasteiger partial charge in [0.2, 0.25) is 0 Å². The summed E-state index contributed by atoms with van der Waals surface area (Å²) in [7, 11) is 0. The summed E-state index contributed by atoms with van der Waals surface area (Å²) < 4.78 is 2.11. The number of nitrogens with zero attached hydrogens (tertiary/aromatic N) is 5. The number of aryl methyl sites for hydroxylation is 1. The predicted octanol–water partition coefficient (Wildman–Crippen LogP) is 2.39. The minimum Gasteiger partial charge on any atom is -0.356 e. The van der Waals surface area contributed by atoms with Crippen LogP contribution in [0.4, 0.5) is 0 Å². The van der Waals surface area contributed by atoms with Crippen molar-refractivity contribution in [1.82, 2.24) is 30.3 Å². The Hall–Kier alpha value is -1.28. The van der Waals surface area contributed by atoms with Gasteiger partial charge >= 0.3 is 0 Å². The summed E-state index contributed by atoms with van der Waals surface area (Å²) in [6.45, 7) is 12.5. The molecule has 0 bridgehead atoms. The minimum atomic E-state index is 0.0952. The van der Waals surface area contributed by atoms with Crippen molar-refractivity contribution in [1.29, 1.82) is 0 Å². The van der Waals surface area contributed by atoms with E-state index in [2.05, 4.69) is 57.3 Å². The van der Waals surface area contributed by atoms with E-state index in [1.165, 1.54) is 38.1 Å². The van der Waals surface area contributed by atoms with E-state index in [0.29, 0.717) is 0 Å². The van der Waals surface area contributed by atoms with E-state index < -0.39 is 0 Å². The van der Waals surface area contributed by atoms with Gasteiger partial charge in [0, 0.05) is 31.6 Å². The summed E-state index contributed by atoms with van der Waals surface area (Å²) in [5.41, 5.74) is 0.0952. The molecule has 1 fully saturated rings. The molecule has 0 unspecified atom stereocenters. The van der Waals surface area contributed by atoms with E-state index in [-0.39, 0.29) is 5.54 Å². The fraction of sp³-hybridized carbons (Fsp3) is 0.850. The molecule has 0 aromatic carbocycles. The summed E-state index contributed by atoms with van der Waals surface area (Å²) >= 11 is 1.89. The Balaban J connectivity index is 1.89. The van der Waals surface area contributed by atoms with E-state index in [0.717, 1.165) is 50.8 Å². The lowest BCUT2D eigenvalue weighted by Crippen LogP contribution is -2.49. The standard InChI is InChI=1S/C20H39N7S/c1-5-18-25-24-17-26(18)14-11-22-19(21-10-9-15-28-4)23-16-20(2,3)27-12-7-6-8-13-27/h17H,5-16H2,1-4H3,(H2,21,22,23). The summed E-state index contributed by atoms with van der Waals surface area (Å²) in [5.74, 6) is 3.11. The maximum atomic E-state index is 4.94. The van der Waals surface area contributed by atoms with Gasteiger partial charge in [0.1, 0.15) is 12.2 Å². The van der Waals surface area contributed by atoms with Gasteiger partial charge in [-0.1, -0.05) is 13.3 Å². The van der Waals surface area contributed by atoms with Crippen LogP contribution in [0.5, 0.6) is 0 Å². The minimum absolute atomic E-state index is 0.0952. The van der Waals surface area contributed by atoms with Crippen LogP contribution in [0.1, 0.15) is 52.3 Å². The highest BCUT2D eigenvalue weighted by Crippen LogP contribution is 2.20. The van der Waals surface area contributed by atoms with Gasteiger partial charge in [-0.05, 0) is 58.2 Å². The summed E-state index contributed by atoms with van der Waals surface area (Å²) in [4.78, 5) is 7.53. The average molecular weight is 410 g/mol. The van der Waals surface area contributed by atoms with Crippen molar-refractivity contribution in [3.8, 4) is 0 Å². The molecule has 1 aliphatic rings. The van der Waals surface area contributed by atoms with Gasteiger partial charge in [-0.3, -0.25) is 9.89 Å². The number of rotatable bonds is 11. The normalized spacial score (nSPS) is 16.4. The molecule has 0 spiro atoms. The van der Waals surface area contributed by atoms with Crippen molar-refractivity contribution in [3.05, 3.63) is 12.2 Å². The van der Waals surface area contributed by atoms with Gasteiger partial charge < -0.3 is 15.2 Å². The molecule has 1 aromatic rings. The molecule has 1 aromatic heterocycles. The van der Waals surface area contributed by atoms with Crippen molar-refractivity contribution < 1.29 is 0 Å². The topological polar surface area (TPSA) is 70.4 Å². The first-order valence-corrected chi connectivity index (χ1v) is 12.1. The summed E-state index contributed by atoms with van der Waals surface area (Å²) in [6.07, 6.45) is 9.98. The zero-order valence-corrected chi connectivity index (χ0v) is 19.0. The van der Waals surface area contributed by atoms with E-state index in [9.17, 15) is 0 Å². The van der Waals surface area contributed by atoms with E-state index in [1.807, 2.05) is 18.1 Å². The van der Waals surface area contributed by atoms with E-state index in [1.54, 1.807) is 0 Å². The fourth-order valence-electron chi connectivity index (χ4n) is 3.50. The smallest absolute Gasteiger partial charge is 0.191 e. The number of aliphatic imine (C=N–C) groups is 1. The Morgan fingerprint density at radius 2 is 1.96 bits per heavy atom. The fourth-order valence-corrected chi connectivity index (χ4v) is 3.94. The molecular weight excluding hydrogens is 370 g/mol. The lowest BCUT2D eigenvalue weighted by atomic mass is 9.99. The van der Waals surface area contributed by atoms with Crippen LogP contribution >= 0.6 is 11.8 Å². The van der Waals surface area contributed by atoms with Crippen LogP contribution in [0.2, 0.25) is 0 Å². The predicted molar refractivity (Wildman–Crippen MR) is 120 cm³/mol. The second-order valence-electron chi connectivity index (χ2n) is 8.02. The van der Waals surface area contributed by atoms with Gasteiger partial charge in [0.25, 0.3) is 0 Å². The quantitative estimate of drug-likeness (QED) is 0.332. The van der Waals surface area contributed by atoms with Crippen LogP contribution in [0.25, 0.3) is 0 Å². The Morgan fingerprint density at radius 3 is 2.68 bits per heavy atom. The molecule has 28 heavy (non-hydrogen) atoms. The largest absolute Gasteiger partial charge is 0.356 e. The van der Waals surface area contributed by atoms with Crippen molar-refractivity contribution in [2.75, 3.05) is 44.7 Å². The number of piperidine rings is 1. The van der Waals surface area contributed by atoms with Crippen molar-refractivity contribution in [2.24, 2.45) is 4.99 Å². The van der Waals surface area contributed by atoms with Crippen molar-refractivity contribution >= 4 is 17.7 Å². The third kappa shape index (κ3) is 7.62. The molecule has 2 rings (SSSR count). The van der Waals surface area contributed by atoms with Crippen LogP contribution < -0.4 is 10.6 Å². The zero-order chi connectivity index (χ0) is 20.2. The van der Waals surface area contributed by atoms with Crippen molar-refractivity contribution in [2.45, 2.75) is 65.0 Å². The Morgan fingerprint density at radius 1 is 1.21 bits per heavy atom. The molecule has 1 aliphatic heterocycles. The molecule has 0 amide bonds. The number of hydrogen-bond acceptors (Lipinski definition) is 5.